The Morgan fingerprint density at radius 3 is 2.22 bits per heavy atom. The second-order valence-electron chi connectivity index (χ2n) is 7.81. The van der Waals surface area contributed by atoms with Gasteiger partial charge in [0.2, 0.25) is 0 Å². The summed E-state index contributed by atoms with van der Waals surface area (Å²) in [5.41, 5.74) is -6.72. The van der Waals surface area contributed by atoms with E-state index in [1.165, 1.54) is 6.07 Å². The van der Waals surface area contributed by atoms with E-state index in [1.807, 2.05) is 0 Å². The van der Waals surface area contributed by atoms with Gasteiger partial charge in [0.1, 0.15) is 11.6 Å². The normalized spacial score (nSPS) is 13.1. The Morgan fingerprint density at radius 1 is 0.811 bits per heavy atom. The second-order valence-corrected chi connectivity index (χ2v) is 7.81. The van der Waals surface area contributed by atoms with Gasteiger partial charge in [0.25, 0.3) is 0 Å². The minimum Gasteiger partial charge on any atom is -0.295 e. The number of nitrogens with one attached hydrogen (secondary N) is 1. The summed E-state index contributed by atoms with van der Waals surface area (Å²) in [5.74, 6) is -8.65. The Morgan fingerprint density at radius 2 is 1.54 bits per heavy atom. The highest BCUT2D eigenvalue weighted by molar-refractivity contribution is 5.85. The zero-order chi connectivity index (χ0) is 26.9. The lowest BCUT2D eigenvalue weighted by molar-refractivity contribution is -0.290. The number of aromatic amines is 1. The first-order chi connectivity index (χ1) is 17.2. The van der Waals surface area contributed by atoms with Crippen LogP contribution in [0.2, 0.25) is 0 Å². The molecule has 2 aromatic carbocycles. The predicted molar refractivity (Wildman–Crippen MR) is 108 cm³/mol. The molecule has 5 aromatic rings. The number of rotatable bonds is 3. The highest BCUT2D eigenvalue weighted by Gasteiger charge is 2.60. The first-order valence-electron chi connectivity index (χ1n) is 10.0. The number of hydrogen-bond donors (Lipinski definition) is 1. The number of nitrogens with zero attached hydrogens (tertiary/aromatic N) is 4. The molecule has 0 saturated heterocycles. The number of fused-ring (bicyclic) bond motifs is 2. The number of hydrogen-bond acceptors (Lipinski definition) is 3. The van der Waals surface area contributed by atoms with Crippen molar-refractivity contribution in [2.45, 2.75) is 18.3 Å². The van der Waals surface area contributed by atoms with Gasteiger partial charge in [-0.05, 0) is 24.3 Å². The van der Waals surface area contributed by atoms with E-state index in [4.69, 9.17) is 0 Å². The Labute approximate surface area is 198 Å². The van der Waals surface area contributed by atoms with Crippen LogP contribution >= 0.6 is 0 Å². The van der Waals surface area contributed by atoms with Gasteiger partial charge in [-0.1, -0.05) is 6.07 Å². The van der Waals surface area contributed by atoms with Crippen LogP contribution in [-0.2, 0) is 12.1 Å². The molecule has 0 unspecified atom stereocenters. The van der Waals surface area contributed by atoms with E-state index in [2.05, 4.69) is 20.2 Å². The summed E-state index contributed by atoms with van der Waals surface area (Å²) in [6.07, 6.45) is -8.72. The summed E-state index contributed by atoms with van der Waals surface area (Å²) in [5, 5.41) is 5.93. The van der Waals surface area contributed by atoms with Crippen molar-refractivity contribution >= 4 is 16.6 Å². The monoisotopic (exact) mass is 533 g/mol. The molecule has 0 spiro atoms. The molecule has 0 aliphatic heterocycles. The van der Waals surface area contributed by atoms with Crippen molar-refractivity contribution in [1.82, 2.24) is 24.6 Å². The van der Waals surface area contributed by atoms with Gasteiger partial charge >= 0.3 is 18.3 Å². The van der Waals surface area contributed by atoms with Crippen LogP contribution in [0.3, 0.4) is 0 Å². The minimum atomic E-state index is -6.12. The summed E-state index contributed by atoms with van der Waals surface area (Å²) < 4.78 is 139. The molecular formula is C22H9F10N5. The summed E-state index contributed by atoms with van der Waals surface area (Å²) in [4.78, 5) is 7.13. The summed E-state index contributed by atoms with van der Waals surface area (Å²) in [6, 6.07) is 4.02. The zero-order valence-corrected chi connectivity index (χ0v) is 17.7. The Kier molecular flexibility index (Phi) is 5.24. The van der Waals surface area contributed by atoms with Crippen molar-refractivity contribution in [3.63, 3.8) is 0 Å². The number of alkyl halides is 8. The Balaban J connectivity index is 1.77. The van der Waals surface area contributed by atoms with E-state index in [0.29, 0.717) is 10.5 Å². The van der Waals surface area contributed by atoms with Crippen LogP contribution in [0.1, 0.15) is 11.3 Å². The first kappa shape index (κ1) is 24.5. The molecule has 5 nitrogen and oxygen atoms in total. The van der Waals surface area contributed by atoms with Gasteiger partial charge in [0, 0.05) is 17.3 Å². The molecule has 0 saturated carbocycles. The van der Waals surface area contributed by atoms with Crippen LogP contribution in [0.15, 0.2) is 48.9 Å². The van der Waals surface area contributed by atoms with Crippen LogP contribution in [0.5, 0.6) is 0 Å². The van der Waals surface area contributed by atoms with Gasteiger partial charge in [0.05, 0.1) is 40.2 Å². The third kappa shape index (κ3) is 3.76. The molecule has 0 aliphatic carbocycles. The molecule has 0 amide bonds. The molecule has 3 heterocycles. The van der Waals surface area contributed by atoms with Crippen molar-refractivity contribution in [2.75, 3.05) is 0 Å². The van der Waals surface area contributed by atoms with Crippen LogP contribution < -0.4 is 0 Å². The van der Waals surface area contributed by atoms with Crippen molar-refractivity contribution in [1.29, 1.82) is 0 Å². The average Bonchev–Trinajstić information content (AvgIpc) is 3.43. The smallest absolute Gasteiger partial charge is 0.295 e. The molecule has 0 atom stereocenters. The van der Waals surface area contributed by atoms with E-state index in [0.717, 1.165) is 30.7 Å². The van der Waals surface area contributed by atoms with Crippen LogP contribution in [-0.4, -0.2) is 30.7 Å². The van der Waals surface area contributed by atoms with Crippen LogP contribution in [0.4, 0.5) is 43.9 Å². The van der Waals surface area contributed by atoms with Gasteiger partial charge in [-0.3, -0.25) is 14.5 Å². The lowest BCUT2D eigenvalue weighted by Crippen LogP contribution is -2.34. The molecule has 15 heteroatoms. The maximum Gasteiger partial charge on any atom is 0.458 e. The topological polar surface area (TPSA) is 58.9 Å². The number of aromatic nitrogens is 5. The highest BCUT2D eigenvalue weighted by atomic mass is 19.4. The maximum atomic E-state index is 15.2. The maximum absolute atomic E-state index is 15.2. The third-order valence-corrected chi connectivity index (χ3v) is 5.56. The van der Waals surface area contributed by atoms with E-state index in [9.17, 15) is 39.5 Å². The summed E-state index contributed by atoms with van der Waals surface area (Å²) in [6.45, 7) is 0. The summed E-state index contributed by atoms with van der Waals surface area (Å²) >= 11 is 0. The average molecular weight is 533 g/mol. The molecule has 5 rings (SSSR count). The standard InChI is InChI=1S/C22H9F10N5/c23-16-10(4-5-13-11(16)6-34-36-13)18-19(21(27,28)29)35-15-7-33-14(8-37(15)18)9-2-1-3-12(17(9)24)20(25,26)22(30,31)32/h1-8H,(H,34,36). The summed E-state index contributed by atoms with van der Waals surface area (Å²) in [7, 11) is 0. The van der Waals surface area contributed by atoms with Gasteiger partial charge in [0.15, 0.2) is 11.3 Å². The lowest BCUT2D eigenvalue weighted by atomic mass is 10.0. The first-order valence-corrected chi connectivity index (χ1v) is 10.0. The third-order valence-electron chi connectivity index (χ3n) is 5.56. The fourth-order valence-corrected chi connectivity index (χ4v) is 3.84. The van der Waals surface area contributed by atoms with Crippen LogP contribution in [0, 0.1) is 11.6 Å². The molecule has 0 fully saturated rings. The number of H-pyrrole nitrogens is 1. The quantitative estimate of drug-likeness (QED) is 0.257. The van der Waals surface area contributed by atoms with Gasteiger partial charge < -0.3 is 0 Å². The molecule has 3 aromatic heterocycles. The Bertz CT molecular complexity index is 1660. The van der Waals surface area contributed by atoms with Gasteiger partial charge in [-0.15, -0.1) is 0 Å². The van der Waals surface area contributed by atoms with E-state index in [1.54, 1.807) is 0 Å². The van der Waals surface area contributed by atoms with Crippen molar-refractivity contribution in [2.24, 2.45) is 0 Å². The van der Waals surface area contributed by atoms with Crippen LogP contribution in [0.25, 0.3) is 39.1 Å². The number of imidazole rings is 1. The second kappa shape index (κ2) is 7.91. The number of halogens is 10. The molecule has 0 radical (unpaired) electrons. The van der Waals surface area contributed by atoms with Crippen molar-refractivity contribution in [3.8, 4) is 22.5 Å². The van der Waals surface area contributed by atoms with Gasteiger partial charge in [-0.25, -0.2) is 13.8 Å². The fraction of sp³-hybridized carbons (Fsp3) is 0.136. The number of benzene rings is 2. The molecule has 0 bridgehead atoms. The largest absolute Gasteiger partial charge is 0.458 e. The SMILES string of the molecule is Fc1c(-c2cn3c(-c4ccc5[nH]ncc5c4F)c(C(F)(F)F)nc3cn2)cccc1C(F)(F)C(F)(F)F. The molecule has 37 heavy (non-hydrogen) atoms. The Hall–Kier alpha value is -4.17. The lowest BCUT2D eigenvalue weighted by Gasteiger charge is -2.21. The van der Waals surface area contributed by atoms with E-state index in [-0.39, 0.29) is 17.0 Å². The van der Waals surface area contributed by atoms with Crippen molar-refractivity contribution in [3.05, 3.63) is 71.8 Å². The van der Waals surface area contributed by atoms with Crippen molar-refractivity contribution < 1.29 is 43.9 Å². The minimum absolute atomic E-state index is 0.150. The highest BCUT2D eigenvalue weighted by Crippen LogP contribution is 2.46. The molecule has 192 valence electrons. The molecule has 0 aliphatic rings. The zero-order valence-electron chi connectivity index (χ0n) is 17.7. The predicted octanol–water partition coefficient (Wildman–Crippen LogP) is 6.89. The molecular weight excluding hydrogens is 524 g/mol. The van der Waals surface area contributed by atoms with E-state index < -0.39 is 69.3 Å². The fourth-order valence-electron chi connectivity index (χ4n) is 3.84. The molecule has 1 N–H and O–H groups in total. The van der Waals surface area contributed by atoms with E-state index >= 15 is 4.39 Å². The van der Waals surface area contributed by atoms with Gasteiger partial charge in [-0.2, -0.15) is 40.2 Å².